The van der Waals surface area contributed by atoms with Gasteiger partial charge in [0.2, 0.25) is 0 Å². The Labute approximate surface area is 259 Å². The molecule has 0 atom stereocenters. The van der Waals surface area contributed by atoms with Crippen molar-refractivity contribution in [2.24, 2.45) is 0 Å². The first-order chi connectivity index (χ1) is 16.8. The van der Waals surface area contributed by atoms with Crippen LogP contribution in [0.1, 0.15) is 27.7 Å². The number of hydrogen-bond acceptors (Lipinski definition) is 8. The summed E-state index contributed by atoms with van der Waals surface area (Å²) in [6.07, 6.45) is 0. The third-order valence-corrected chi connectivity index (χ3v) is 11.4. The number of benzene rings is 2. The van der Waals surface area contributed by atoms with Crippen LogP contribution in [0.4, 0.5) is 0 Å². The molecular weight excluding hydrogens is 764 g/mol. The van der Waals surface area contributed by atoms with E-state index in [4.69, 9.17) is 97.2 Å². The Morgan fingerprint density at radius 2 is 0.861 bits per heavy atom. The molecule has 2 aromatic carbocycles. The minimum absolute atomic E-state index is 0.357. The molecule has 0 saturated carbocycles. The van der Waals surface area contributed by atoms with Crippen LogP contribution in [0.25, 0.3) is 0 Å². The molecule has 0 heterocycles. The van der Waals surface area contributed by atoms with Crippen molar-refractivity contribution in [2.75, 3.05) is 26.4 Å². The van der Waals surface area contributed by atoms with Gasteiger partial charge >= 0.3 is 13.4 Å². The first-order valence-corrected chi connectivity index (χ1v) is 18.5. The monoisotopic (exact) mass is 784 g/mol. The van der Waals surface area contributed by atoms with Crippen molar-refractivity contribution in [3.8, 4) is 11.5 Å². The van der Waals surface area contributed by atoms with E-state index in [1.807, 2.05) is 27.7 Å². The van der Waals surface area contributed by atoms with Gasteiger partial charge in [-0.2, -0.15) is 0 Å². The summed E-state index contributed by atoms with van der Waals surface area (Å²) < 4.78 is 34.0. The highest BCUT2D eigenvalue weighted by molar-refractivity contribution is 9.10. The first kappa shape index (κ1) is 35.3. The lowest BCUT2D eigenvalue weighted by Gasteiger charge is -2.21. The van der Waals surface area contributed by atoms with Crippen LogP contribution in [0, 0.1) is 0 Å². The van der Waals surface area contributed by atoms with E-state index in [9.17, 15) is 0 Å². The molecule has 6 nitrogen and oxygen atoms in total. The second-order valence-corrected chi connectivity index (χ2v) is 15.3. The van der Waals surface area contributed by atoms with E-state index < -0.39 is 13.4 Å². The minimum Gasteiger partial charge on any atom is -0.422 e. The van der Waals surface area contributed by atoms with Crippen LogP contribution in [-0.2, 0) is 41.7 Å². The largest absolute Gasteiger partial charge is 0.422 e. The standard InChI is InChI=1S/2C10H12BrCl2O3PS/c2*1-3-14-17(18,15-4-2)16-10-6-8(12)7(11)5-9(10)13/h2*5-6H,3-4H2,1-2H3. The second-order valence-electron chi connectivity index (χ2n) is 6.14. The molecule has 0 spiro atoms. The lowest BCUT2D eigenvalue weighted by molar-refractivity contribution is 0.217. The maximum atomic E-state index is 6.05. The molecule has 0 aliphatic carbocycles. The van der Waals surface area contributed by atoms with Gasteiger partial charge in [0.15, 0.2) is 0 Å². The average Bonchev–Trinajstić information content (AvgIpc) is 2.77. The van der Waals surface area contributed by atoms with Crippen LogP contribution < -0.4 is 9.05 Å². The molecule has 0 aromatic heterocycles. The third kappa shape index (κ3) is 11.8. The fourth-order valence-corrected chi connectivity index (χ4v) is 8.13. The zero-order chi connectivity index (χ0) is 27.5. The SMILES string of the molecule is CCOP(=S)(OCC)Oc1cc(Cl)c(Br)cc1Cl.CCOP(=S)(OCC)Oc1cc(Cl)c(Br)cc1Cl. The van der Waals surface area contributed by atoms with E-state index in [0.29, 0.717) is 67.0 Å². The van der Waals surface area contributed by atoms with Crippen molar-refractivity contribution >= 4 is 115 Å². The molecule has 0 amide bonds. The number of hydrogen-bond donors (Lipinski definition) is 0. The van der Waals surface area contributed by atoms with E-state index in [1.165, 1.54) is 0 Å². The molecule has 0 fully saturated rings. The molecule has 2 rings (SSSR count). The maximum Gasteiger partial charge on any atom is 0.380 e. The maximum absolute atomic E-state index is 6.05. The van der Waals surface area contributed by atoms with Gasteiger partial charge in [0.1, 0.15) is 11.5 Å². The van der Waals surface area contributed by atoms with Crippen molar-refractivity contribution in [3.05, 3.63) is 53.3 Å². The highest BCUT2D eigenvalue weighted by Crippen LogP contribution is 2.53. The molecule has 0 radical (unpaired) electrons. The van der Waals surface area contributed by atoms with Crippen LogP contribution >= 0.6 is 91.7 Å². The summed E-state index contributed by atoms with van der Waals surface area (Å²) in [6, 6.07) is 6.42. The lowest BCUT2D eigenvalue weighted by atomic mass is 10.3. The molecule has 0 unspecified atom stereocenters. The van der Waals surface area contributed by atoms with Gasteiger partial charge in [0, 0.05) is 44.7 Å². The number of rotatable bonds is 12. The van der Waals surface area contributed by atoms with Gasteiger partial charge in [-0.3, -0.25) is 18.1 Å². The van der Waals surface area contributed by atoms with E-state index in [2.05, 4.69) is 31.9 Å². The summed E-state index contributed by atoms with van der Waals surface area (Å²) in [5, 5.41) is 1.73. The summed E-state index contributed by atoms with van der Waals surface area (Å²) in [5.74, 6) is 0.713. The Kier molecular flexibility index (Phi) is 16.9. The van der Waals surface area contributed by atoms with Crippen molar-refractivity contribution < 1.29 is 27.1 Å². The summed E-state index contributed by atoms with van der Waals surface area (Å²) in [4.78, 5) is 0. The fourth-order valence-electron chi connectivity index (χ4n) is 2.20. The minimum atomic E-state index is -2.83. The molecule has 0 bridgehead atoms. The van der Waals surface area contributed by atoms with Gasteiger partial charge in [-0.25, -0.2) is 0 Å². The Bertz CT molecular complexity index is 1010. The number of halogens is 6. The molecule has 16 heteroatoms. The third-order valence-electron chi connectivity index (χ3n) is 3.52. The van der Waals surface area contributed by atoms with Gasteiger partial charge in [0.25, 0.3) is 0 Å². The molecule has 0 saturated heterocycles. The van der Waals surface area contributed by atoms with E-state index in [0.717, 1.165) is 0 Å². The van der Waals surface area contributed by atoms with Crippen molar-refractivity contribution in [2.45, 2.75) is 27.7 Å². The molecule has 204 valence electrons. The van der Waals surface area contributed by atoms with Gasteiger partial charge in [-0.05, 0) is 71.7 Å². The van der Waals surface area contributed by atoms with Crippen LogP contribution in [0.15, 0.2) is 33.2 Å². The zero-order valence-corrected chi connectivity index (χ0v) is 29.2. The van der Waals surface area contributed by atoms with Crippen LogP contribution in [0.2, 0.25) is 20.1 Å². The van der Waals surface area contributed by atoms with Crippen LogP contribution in [0.5, 0.6) is 11.5 Å². The van der Waals surface area contributed by atoms with Gasteiger partial charge in [-0.15, -0.1) is 0 Å². The van der Waals surface area contributed by atoms with E-state index in [-0.39, 0.29) is 0 Å². The molecule has 0 N–H and O–H groups in total. The smallest absolute Gasteiger partial charge is 0.380 e. The molecule has 2 aromatic rings. The van der Waals surface area contributed by atoms with Gasteiger partial charge in [-0.1, -0.05) is 46.4 Å². The quantitative estimate of drug-likeness (QED) is 0.156. The van der Waals surface area contributed by atoms with Crippen LogP contribution in [-0.4, -0.2) is 26.4 Å². The lowest BCUT2D eigenvalue weighted by Crippen LogP contribution is -2.02. The molecule has 0 aliphatic heterocycles. The van der Waals surface area contributed by atoms with Crippen molar-refractivity contribution in [3.63, 3.8) is 0 Å². The second kappa shape index (κ2) is 17.2. The Hall–Kier alpha value is 1.30. The van der Waals surface area contributed by atoms with Gasteiger partial charge in [0.05, 0.1) is 46.5 Å². The summed E-state index contributed by atoms with van der Waals surface area (Å²) in [5.41, 5.74) is 0. The predicted octanol–water partition coefficient (Wildman–Crippen LogP) is 10.9. The highest BCUT2D eigenvalue weighted by Gasteiger charge is 2.24. The van der Waals surface area contributed by atoms with E-state index >= 15 is 0 Å². The van der Waals surface area contributed by atoms with Crippen molar-refractivity contribution in [1.82, 2.24) is 0 Å². The summed E-state index contributed by atoms with van der Waals surface area (Å²) >= 11 is 41.1. The van der Waals surface area contributed by atoms with Crippen molar-refractivity contribution in [1.29, 1.82) is 0 Å². The molecule has 0 aliphatic rings. The van der Waals surface area contributed by atoms with Crippen LogP contribution in [0.3, 0.4) is 0 Å². The first-order valence-electron chi connectivity index (χ1n) is 10.3. The summed E-state index contributed by atoms with van der Waals surface area (Å²) in [7, 11) is 0. The normalized spacial score (nSPS) is 11.6. The molecular formula is C20H24Br2Cl4O6P2S2. The molecule has 36 heavy (non-hydrogen) atoms. The summed E-state index contributed by atoms with van der Waals surface area (Å²) in [6.45, 7) is 3.23. The van der Waals surface area contributed by atoms with E-state index in [1.54, 1.807) is 24.3 Å². The highest BCUT2D eigenvalue weighted by atomic mass is 79.9. The topological polar surface area (TPSA) is 55.4 Å². The predicted molar refractivity (Wildman–Crippen MR) is 165 cm³/mol. The van der Waals surface area contributed by atoms with Gasteiger partial charge < -0.3 is 9.05 Å². The fraction of sp³-hybridized carbons (Fsp3) is 0.400. The Morgan fingerprint density at radius 3 is 1.11 bits per heavy atom. The average molecular weight is 788 g/mol. The Balaban J connectivity index is 0.000000360. The zero-order valence-electron chi connectivity index (χ0n) is 19.6. The Morgan fingerprint density at radius 1 is 0.583 bits per heavy atom.